The summed E-state index contributed by atoms with van der Waals surface area (Å²) >= 11 is 0. The van der Waals surface area contributed by atoms with Crippen molar-refractivity contribution in [2.75, 3.05) is 0 Å². The normalized spacial score (nSPS) is 11.5. The van der Waals surface area contributed by atoms with Crippen LogP contribution in [0.5, 0.6) is 0 Å². The molecule has 10 heteroatoms. The van der Waals surface area contributed by atoms with Gasteiger partial charge in [-0.1, -0.05) is 413 Å². The van der Waals surface area contributed by atoms with E-state index in [0.717, 1.165) is 105 Å². The van der Waals surface area contributed by atoms with E-state index in [2.05, 4.69) is 303 Å². The van der Waals surface area contributed by atoms with Gasteiger partial charge in [-0.3, -0.25) is 0 Å². The van der Waals surface area contributed by atoms with E-state index in [1.165, 1.54) is 97.0 Å². The number of nitrogens with zero attached hydrogens (tertiary/aromatic N) is 9. The van der Waals surface area contributed by atoms with Gasteiger partial charge in [0, 0.05) is 60.8 Å². The molecule has 4 heterocycles. The lowest BCUT2D eigenvalue weighted by Crippen LogP contribution is -2.01. The molecule has 10 nitrogen and oxygen atoms in total. The second kappa shape index (κ2) is 33.0. The Labute approximate surface area is 753 Å². The Hall–Kier alpha value is -17.7. The van der Waals surface area contributed by atoms with Gasteiger partial charge in [-0.15, -0.1) is 0 Å². The molecule has 610 valence electrons. The van der Waals surface area contributed by atoms with E-state index in [9.17, 15) is 0 Å². The topological polar surface area (TPSA) is 129 Å². The molecule has 0 bridgehead atoms. The maximum Gasteiger partial charge on any atom is 0.164 e. The van der Waals surface area contributed by atoms with Crippen molar-refractivity contribution in [1.29, 1.82) is 0 Å². The second-order valence-electron chi connectivity index (χ2n) is 33.0. The van der Waals surface area contributed by atoms with Gasteiger partial charge >= 0.3 is 0 Å². The average molecular weight is 1670 g/mol. The van der Waals surface area contributed by atoms with E-state index in [0.29, 0.717) is 52.4 Å². The van der Waals surface area contributed by atoms with E-state index in [4.69, 9.17) is 49.3 Å². The van der Waals surface area contributed by atoms with E-state index >= 15 is 0 Å². The van der Waals surface area contributed by atoms with Gasteiger partial charge in [-0.2, -0.15) is 0 Å². The predicted molar refractivity (Wildman–Crippen MR) is 542 cm³/mol. The smallest absolute Gasteiger partial charge is 0.164 e. The summed E-state index contributed by atoms with van der Waals surface area (Å²) in [4.78, 5) is 45.0. The van der Waals surface area contributed by atoms with Gasteiger partial charge in [-0.05, 0) is 172 Å². The molecule has 22 aromatic carbocycles. The first-order chi connectivity index (χ1) is 64.9. The molecule has 0 radical (unpaired) electrons. The van der Waals surface area contributed by atoms with Crippen LogP contribution in [0.3, 0.4) is 0 Å². The Bertz CT molecular complexity index is 8940. The van der Waals surface area contributed by atoms with Gasteiger partial charge in [0.25, 0.3) is 0 Å². The van der Waals surface area contributed by atoms with Gasteiger partial charge in [0.15, 0.2) is 52.4 Å². The standard InChI is InChI=1S/C43H27N3.C39H23N3O.C39H25N3/c1-2-12-31(13-3-1)41-44-42(34-21-18-28-10-4-5-14-32(28)26-34)46-43(45-41)39-17-9-8-16-36(39)33-20-19-30-23-24-37-35-15-7-6-11-29(35)22-25-38(37)40(30)27-33;1-2-10-25(11-3-1)37-40-38(42-39(41-37)33-14-8-16-35-36(33)32-13-6-7-15-34(32)43-35)27-19-20-29-26(23-27)18-22-30-28-12-5-4-9-24(28)17-21-31(29)30;1-3-11-28(12-4-1)37-40-38(29-13-5-2-6-14-29)42-39(41-37)32-16-9-15-30(24-32)31-19-18-27-21-22-34-33-17-8-7-10-26(33)20-23-35(34)36(27)25-31/h1-27H;1-23H;1-25H. The van der Waals surface area contributed by atoms with Crippen molar-refractivity contribution in [3.63, 3.8) is 0 Å². The van der Waals surface area contributed by atoms with E-state index in [1.807, 2.05) is 152 Å². The van der Waals surface area contributed by atoms with Crippen LogP contribution in [0.4, 0.5) is 0 Å². The fourth-order valence-electron chi connectivity index (χ4n) is 18.6. The van der Waals surface area contributed by atoms with E-state index in [-0.39, 0.29) is 0 Å². The molecule has 0 fully saturated rings. The highest BCUT2D eigenvalue weighted by atomic mass is 16.3. The van der Waals surface area contributed by atoms with Gasteiger partial charge in [-0.25, -0.2) is 44.9 Å². The van der Waals surface area contributed by atoms with Crippen LogP contribution in [0, 0.1) is 0 Å². The number of para-hydroxylation sites is 1. The fourth-order valence-corrected chi connectivity index (χ4v) is 18.6. The number of rotatable bonds is 11. The molecule has 0 saturated carbocycles. The molecule has 4 aromatic heterocycles. The zero-order valence-electron chi connectivity index (χ0n) is 70.7. The minimum Gasteiger partial charge on any atom is -0.456 e. The highest BCUT2D eigenvalue weighted by Crippen LogP contribution is 2.43. The highest BCUT2D eigenvalue weighted by Gasteiger charge is 2.23. The summed E-state index contributed by atoms with van der Waals surface area (Å²) < 4.78 is 6.18. The molecule has 0 aliphatic carbocycles. The lowest BCUT2D eigenvalue weighted by atomic mass is 9.93. The lowest BCUT2D eigenvalue weighted by molar-refractivity contribution is 0.669. The van der Waals surface area contributed by atoms with Gasteiger partial charge in [0.2, 0.25) is 0 Å². The fraction of sp³-hybridized carbons (Fsp3) is 0. The maximum absolute atomic E-state index is 6.18. The summed E-state index contributed by atoms with van der Waals surface area (Å²) in [7, 11) is 0. The van der Waals surface area contributed by atoms with Crippen molar-refractivity contribution in [2.24, 2.45) is 0 Å². The summed E-state index contributed by atoms with van der Waals surface area (Å²) in [6, 6.07) is 159. The van der Waals surface area contributed by atoms with Crippen molar-refractivity contribution in [3.05, 3.63) is 455 Å². The molecule has 0 amide bonds. The number of hydrogen-bond donors (Lipinski definition) is 0. The average Bonchev–Trinajstić information content (AvgIpc) is 0.950. The Morgan fingerprint density at radius 2 is 0.397 bits per heavy atom. The molecular weight excluding hydrogens is 1600 g/mol. The predicted octanol–water partition coefficient (Wildman–Crippen LogP) is 31.4. The molecule has 131 heavy (non-hydrogen) atoms. The largest absolute Gasteiger partial charge is 0.456 e. The van der Waals surface area contributed by atoms with Crippen molar-refractivity contribution in [2.45, 2.75) is 0 Å². The SMILES string of the molecule is c1ccc(-c2nc(-c3ccc4c(ccc5c6ccccc6ccc45)c3)nc(-c3cccc4oc5ccccc5c34)n2)cc1.c1ccc(-c2nc(-c3ccc4ccccc4c3)nc(-c3ccccc3-c3ccc4ccc5c6ccccc6ccc5c4c3)n2)cc1.c1ccc(-c2nc(-c3ccccc3)nc(-c3cccc(-c4ccc5ccc6c7ccccc7ccc6c5c4)c3)n2)cc1. The number of aromatic nitrogens is 9. The van der Waals surface area contributed by atoms with Crippen molar-refractivity contribution < 1.29 is 4.42 Å². The molecule has 0 unspecified atom stereocenters. The van der Waals surface area contributed by atoms with Crippen LogP contribution in [0.1, 0.15) is 0 Å². The van der Waals surface area contributed by atoms with Crippen LogP contribution in [0.15, 0.2) is 459 Å². The maximum atomic E-state index is 6.18. The van der Waals surface area contributed by atoms with Gasteiger partial charge < -0.3 is 4.42 Å². The zero-order valence-corrected chi connectivity index (χ0v) is 70.7. The number of benzene rings is 22. The molecule has 0 aliphatic rings. The molecule has 0 atom stereocenters. The first-order valence-electron chi connectivity index (χ1n) is 44.0. The Balaban J connectivity index is 0.000000109. The first kappa shape index (κ1) is 76.9. The van der Waals surface area contributed by atoms with Crippen molar-refractivity contribution >= 4 is 130 Å². The monoisotopic (exact) mass is 1670 g/mol. The number of furan rings is 1. The first-order valence-corrected chi connectivity index (χ1v) is 44.0. The van der Waals surface area contributed by atoms with Crippen LogP contribution in [0.2, 0.25) is 0 Å². The highest BCUT2D eigenvalue weighted by molar-refractivity contribution is 6.21. The Morgan fingerprint density at radius 1 is 0.122 bits per heavy atom. The van der Waals surface area contributed by atoms with Gasteiger partial charge in [0.05, 0.1) is 0 Å². The summed E-state index contributed by atoms with van der Waals surface area (Å²) in [5.74, 6) is 5.82. The zero-order chi connectivity index (χ0) is 86.7. The van der Waals surface area contributed by atoms with Gasteiger partial charge in [0.1, 0.15) is 11.2 Å². The molecular formula is C121H75N9O. The molecule has 26 aromatic rings. The second-order valence-corrected chi connectivity index (χ2v) is 33.0. The summed E-state index contributed by atoms with van der Waals surface area (Å²) in [5.41, 5.74) is 14.7. The Kier molecular flexibility index (Phi) is 19.4. The minimum absolute atomic E-state index is 0.617. The number of fused-ring (bicyclic) bond motifs is 19. The van der Waals surface area contributed by atoms with Crippen LogP contribution in [0.25, 0.3) is 254 Å². The minimum atomic E-state index is 0.617. The third kappa shape index (κ3) is 14.6. The molecule has 0 aliphatic heterocycles. The molecule has 0 N–H and O–H groups in total. The van der Waals surface area contributed by atoms with E-state index < -0.39 is 0 Å². The van der Waals surface area contributed by atoms with E-state index in [1.54, 1.807) is 0 Å². The third-order valence-corrected chi connectivity index (χ3v) is 25.1. The van der Waals surface area contributed by atoms with Crippen LogP contribution >= 0.6 is 0 Å². The third-order valence-electron chi connectivity index (χ3n) is 25.1. The summed E-state index contributed by atoms with van der Waals surface area (Å²) in [5, 5.41) is 26.8. The Morgan fingerprint density at radius 3 is 0.901 bits per heavy atom. The molecule has 0 saturated heterocycles. The quantitative estimate of drug-likeness (QED) is 0.115. The molecule has 0 spiro atoms. The van der Waals surface area contributed by atoms with Crippen molar-refractivity contribution in [3.8, 4) is 125 Å². The molecule has 26 rings (SSSR count). The van der Waals surface area contributed by atoms with Crippen LogP contribution < -0.4 is 0 Å². The van der Waals surface area contributed by atoms with Crippen LogP contribution in [-0.2, 0) is 0 Å². The summed E-state index contributed by atoms with van der Waals surface area (Å²) in [6.07, 6.45) is 0. The van der Waals surface area contributed by atoms with Crippen molar-refractivity contribution in [1.82, 2.24) is 44.9 Å². The van der Waals surface area contributed by atoms with Crippen LogP contribution in [-0.4, -0.2) is 44.9 Å². The summed E-state index contributed by atoms with van der Waals surface area (Å²) in [6.45, 7) is 0. The lowest BCUT2D eigenvalue weighted by Gasteiger charge is -2.13. The number of hydrogen-bond acceptors (Lipinski definition) is 10.